The maximum Gasteiger partial charge on any atom is 0.160 e. The molecule has 3 heteroatoms. The second-order valence-electron chi connectivity index (χ2n) is 14.3. The maximum absolute atomic E-state index is 5.29. The van der Waals surface area contributed by atoms with E-state index in [0.29, 0.717) is 5.92 Å². The van der Waals surface area contributed by atoms with E-state index in [-0.39, 0.29) is 5.92 Å². The molecule has 2 unspecified atom stereocenters. The van der Waals surface area contributed by atoms with Crippen LogP contribution in [0.4, 0.5) is 0 Å². The maximum atomic E-state index is 5.29. The minimum atomic E-state index is 0.250. The van der Waals surface area contributed by atoms with Crippen LogP contribution in [0.25, 0.3) is 71.7 Å². The molecule has 2 atom stereocenters. The monoisotopic (exact) mass is 691 g/mol. The number of benzene rings is 7. The van der Waals surface area contributed by atoms with Crippen LogP contribution in [0, 0.1) is 0 Å². The summed E-state index contributed by atoms with van der Waals surface area (Å²) in [6.45, 7) is 0. The molecule has 0 bridgehead atoms. The number of aromatic nitrogens is 2. The fraction of sp³-hybridized carbons (Fsp3) is 0.0784. The number of hydrogen-bond acceptors (Lipinski definition) is 3. The van der Waals surface area contributed by atoms with E-state index >= 15 is 0 Å². The molecular weight excluding hydrogens is 655 g/mol. The Balaban J connectivity index is 1.04. The Morgan fingerprint density at radius 3 is 2.02 bits per heavy atom. The van der Waals surface area contributed by atoms with Crippen molar-refractivity contribution in [2.75, 3.05) is 0 Å². The number of rotatable bonds is 6. The van der Waals surface area contributed by atoms with Crippen molar-refractivity contribution in [2.24, 2.45) is 4.99 Å². The number of fused-ring (bicyclic) bond motifs is 4. The molecule has 2 heterocycles. The molecule has 54 heavy (non-hydrogen) atoms. The minimum absolute atomic E-state index is 0.250. The van der Waals surface area contributed by atoms with Gasteiger partial charge in [0.25, 0.3) is 0 Å². The van der Waals surface area contributed by atoms with E-state index in [1.54, 1.807) is 0 Å². The fourth-order valence-corrected chi connectivity index (χ4v) is 8.24. The van der Waals surface area contributed by atoms with Crippen LogP contribution in [0.3, 0.4) is 0 Å². The average Bonchev–Trinajstić information content (AvgIpc) is 3.26. The molecule has 0 N–H and O–H groups in total. The Kier molecular flexibility index (Phi) is 8.11. The van der Waals surface area contributed by atoms with Crippen molar-refractivity contribution < 1.29 is 0 Å². The average molecular weight is 692 g/mol. The standard InChI is InChI=1S/C51H37N3/c1-3-16-43-35(10-1)12-8-20-44(43)39-13-7-14-41(30-39)50-32-49(37-25-21-34(22-26-37)42-15-9-29-52-33-42)53-51(54-50)38-27-23-36(24-28-38)48-31-40-11-2-4-17-45(40)46-18-5-6-19-47(46)48/h1-14,16-29,31-33,39,42H,15,30H2. The van der Waals surface area contributed by atoms with Gasteiger partial charge in [-0.2, -0.15) is 0 Å². The van der Waals surface area contributed by atoms with Crippen molar-refractivity contribution in [3.63, 3.8) is 0 Å². The molecule has 0 radical (unpaired) electrons. The van der Waals surface area contributed by atoms with Gasteiger partial charge >= 0.3 is 0 Å². The van der Waals surface area contributed by atoms with E-state index in [9.17, 15) is 0 Å². The van der Waals surface area contributed by atoms with Crippen LogP contribution in [-0.2, 0) is 0 Å². The van der Waals surface area contributed by atoms with Gasteiger partial charge in [-0.1, -0.05) is 164 Å². The van der Waals surface area contributed by atoms with Crippen LogP contribution in [-0.4, -0.2) is 16.2 Å². The van der Waals surface area contributed by atoms with Crippen LogP contribution in [0.2, 0.25) is 0 Å². The van der Waals surface area contributed by atoms with Gasteiger partial charge in [0.05, 0.1) is 11.4 Å². The van der Waals surface area contributed by atoms with Gasteiger partial charge in [0.2, 0.25) is 0 Å². The number of allylic oxidation sites excluding steroid dienone is 5. The zero-order valence-electron chi connectivity index (χ0n) is 29.8. The van der Waals surface area contributed by atoms with Gasteiger partial charge in [-0.25, -0.2) is 9.97 Å². The van der Waals surface area contributed by atoms with Gasteiger partial charge in [-0.05, 0) is 85.1 Å². The molecule has 7 aromatic carbocycles. The summed E-state index contributed by atoms with van der Waals surface area (Å²) in [5, 5.41) is 7.61. The highest BCUT2D eigenvalue weighted by atomic mass is 14.9. The van der Waals surface area contributed by atoms with Gasteiger partial charge in [-0.15, -0.1) is 0 Å². The lowest BCUT2D eigenvalue weighted by Gasteiger charge is -2.21. The van der Waals surface area contributed by atoms with Gasteiger partial charge in [0, 0.05) is 35.4 Å². The summed E-state index contributed by atoms with van der Waals surface area (Å²) in [7, 11) is 0. The van der Waals surface area contributed by atoms with E-state index in [2.05, 4.69) is 181 Å². The van der Waals surface area contributed by atoms with Gasteiger partial charge in [-0.3, -0.25) is 4.99 Å². The Morgan fingerprint density at radius 1 is 0.519 bits per heavy atom. The lowest BCUT2D eigenvalue weighted by Crippen LogP contribution is -2.05. The van der Waals surface area contributed by atoms with E-state index < -0.39 is 0 Å². The molecule has 3 nitrogen and oxygen atoms in total. The van der Waals surface area contributed by atoms with Crippen molar-refractivity contribution >= 4 is 44.1 Å². The van der Waals surface area contributed by atoms with Crippen LogP contribution in [0.1, 0.15) is 41.5 Å². The first-order chi connectivity index (χ1) is 26.7. The molecule has 1 aliphatic carbocycles. The first kappa shape index (κ1) is 32.0. The van der Waals surface area contributed by atoms with E-state index in [1.165, 1.54) is 60.1 Å². The zero-order chi connectivity index (χ0) is 35.8. The zero-order valence-corrected chi connectivity index (χ0v) is 29.8. The highest BCUT2D eigenvalue weighted by Gasteiger charge is 2.20. The summed E-state index contributed by atoms with van der Waals surface area (Å²) in [5.74, 6) is 1.27. The van der Waals surface area contributed by atoms with Gasteiger partial charge in [0.15, 0.2) is 5.82 Å². The molecule has 1 aromatic heterocycles. The molecule has 0 amide bonds. The molecule has 2 aliphatic rings. The largest absolute Gasteiger partial charge is 0.269 e. The lowest BCUT2D eigenvalue weighted by molar-refractivity contribution is 0.871. The molecule has 1 aliphatic heterocycles. The normalized spacial score (nSPS) is 16.6. The van der Waals surface area contributed by atoms with Crippen molar-refractivity contribution in [3.8, 4) is 33.8 Å². The Hall–Kier alpha value is -6.71. The van der Waals surface area contributed by atoms with E-state index in [0.717, 1.165) is 41.2 Å². The molecule has 0 spiro atoms. The molecular formula is C51H37N3. The third-order valence-electron chi connectivity index (χ3n) is 11.1. The number of aliphatic imine (C=N–C) groups is 1. The molecule has 10 rings (SSSR count). The molecule has 8 aromatic rings. The van der Waals surface area contributed by atoms with E-state index in [1.807, 2.05) is 12.4 Å². The summed E-state index contributed by atoms with van der Waals surface area (Å²) in [4.78, 5) is 14.9. The Morgan fingerprint density at radius 2 is 1.20 bits per heavy atom. The smallest absolute Gasteiger partial charge is 0.160 e. The first-order valence-electron chi connectivity index (χ1n) is 18.8. The number of nitrogens with zero attached hydrogens (tertiary/aromatic N) is 3. The summed E-state index contributed by atoms with van der Waals surface area (Å²) in [6, 6.07) is 54.8. The van der Waals surface area contributed by atoms with Crippen LogP contribution in [0.15, 0.2) is 187 Å². The molecule has 0 saturated carbocycles. The minimum Gasteiger partial charge on any atom is -0.269 e. The molecule has 256 valence electrons. The third-order valence-corrected chi connectivity index (χ3v) is 11.1. The van der Waals surface area contributed by atoms with Gasteiger partial charge in [0.1, 0.15) is 0 Å². The SMILES string of the molecule is C1=CC(c2cccc3ccccc23)CC(c2cc(-c3ccc(C4C=NC=CC4)cc3)nc(-c3ccc(-c4cc5ccccc5c5ccccc45)cc3)n2)=C1. The predicted octanol–water partition coefficient (Wildman–Crippen LogP) is 13.1. The van der Waals surface area contributed by atoms with Crippen molar-refractivity contribution in [1.82, 2.24) is 9.97 Å². The summed E-state index contributed by atoms with van der Waals surface area (Å²) in [5.41, 5.74) is 10.2. The second kappa shape index (κ2) is 13.7. The Bertz CT molecular complexity index is 2820. The van der Waals surface area contributed by atoms with Crippen molar-refractivity contribution in [3.05, 3.63) is 199 Å². The number of hydrogen-bond donors (Lipinski definition) is 0. The topological polar surface area (TPSA) is 38.1 Å². The molecule has 0 saturated heterocycles. The summed E-state index contributed by atoms with van der Waals surface area (Å²) >= 11 is 0. The highest BCUT2D eigenvalue weighted by molar-refractivity contribution is 6.13. The van der Waals surface area contributed by atoms with Gasteiger partial charge < -0.3 is 0 Å². The quantitative estimate of drug-likeness (QED) is 0.163. The van der Waals surface area contributed by atoms with Crippen LogP contribution < -0.4 is 0 Å². The van der Waals surface area contributed by atoms with Crippen molar-refractivity contribution in [2.45, 2.75) is 24.7 Å². The lowest BCUT2D eigenvalue weighted by atomic mass is 9.84. The summed E-state index contributed by atoms with van der Waals surface area (Å²) < 4.78 is 0. The Labute approximate surface area is 315 Å². The first-order valence-corrected chi connectivity index (χ1v) is 18.8. The predicted molar refractivity (Wildman–Crippen MR) is 227 cm³/mol. The van der Waals surface area contributed by atoms with Crippen LogP contribution >= 0.6 is 0 Å². The fourth-order valence-electron chi connectivity index (χ4n) is 8.24. The molecule has 0 fully saturated rings. The van der Waals surface area contributed by atoms with Crippen molar-refractivity contribution in [1.29, 1.82) is 0 Å². The highest BCUT2D eigenvalue weighted by Crippen LogP contribution is 2.39. The second-order valence-corrected chi connectivity index (χ2v) is 14.3. The third kappa shape index (κ3) is 5.94. The van der Waals surface area contributed by atoms with E-state index in [4.69, 9.17) is 9.97 Å². The van der Waals surface area contributed by atoms with Crippen LogP contribution in [0.5, 0.6) is 0 Å². The summed E-state index contributed by atoms with van der Waals surface area (Å²) in [6.07, 6.45) is 14.6.